The molecule has 2 atom stereocenters. The maximum absolute atomic E-state index is 11.0. The molecule has 1 heterocycles. The van der Waals surface area contributed by atoms with Crippen molar-refractivity contribution in [3.05, 3.63) is 22.7 Å². The molecule has 1 aromatic rings. The fourth-order valence-corrected chi connectivity index (χ4v) is 2.03. The van der Waals surface area contributed by atoms with Crippen molar-refractivity contribution in [3.63, 3.8) is 0 Å². The lowest BCUT2D eigenvalue weighted by atomic mass is 10.1. The van der Waals surface area contributed by atoms with Gasteiger partial charge in [0.15, 0.2) is 0 Å². The molecule has 1 aliphatic rings. The van der Waals surface area contributed by atoms with Gasteiger partial charge >= 0.3 is 0 Å². The van der Waals surface area contributed by atoms with Crippen LogP contribution in [0.5, 0.6) is 0 Å². The third kappa shape index (κ3) is 2.56. The van der Waals surface area contributed by atoms with E-state index in [-0.39, 0.29) is 12.2 Å². The highest BCUT2D eigenvalue weighted by Crippen LogP contribution is 2.26. The smallest absolute Gasteiger partial charge is 0.252 e. The van der Waals surface area contributed by atoms with Gasteiger partial charge in [0.05, 0.1) is 6.33 Å². The zero-order valence-corrected chi connectivity index (χ0v) is 8.44. The van der Waals surface area contributed by atoms with Crippen LogP contribution in [0.2, 0.25) is 0 Å². The van der Waals surface area contributed by atoms with E-state index in [1.165, 1.54) is 12.4 Å². The number of anilines is 1. The molecule has 0 amide bonds. The number of nitrogens with one attached hydrogen (secondary N) is 2. The summed E-state index contributed by atoms with van der Waals surface area (Å²) in [7, 11) is 0. The van der Waals surface area contributed by atoms with Crippen LogP contribution in [0.4, 0.5) is 5.82 Å². The molecule has 0 aromatic carbocycles. The topological polar surface area (TPSA) is 78.0 Å². The van der Waals surface area contributed by atoms with Crippen LogP contribution < -0.4 is 10.9 Å². The molecule has 3 N–H and O–H groups in total. The van der Waals surface area contributed by atoms with E-state index in [9.17, 15) is 4.79 Å². The molecule has 1 aliphatic carbocycles. The van der Waals surface area contributed by atoms with E-state index >= 15 is 0 Å². The van der Waals surface area contributed by atoms with Crippen molar-refractivity contribution in [2.24, 2.45) is 5.92 Å². The zero-order chi connectivity index (χ0) is 10.7. The van der Waals surface area contributed by atoms with Gasteiger partial charge in [0, 0.05) is 18.7 Å². The van der Waals surface area contributed by atoms with E-state index in [4.69, 9.17) is 5.11 Å². The molecule has 5 nitrogen and oxygen atoms in total. The number of aromatic amines is 1. The highest BCUT2D eigenvalue weighted by molar-refractivity contribution is 5.33. The summed E-state index contributed by atoms with van der Waals surface area (Å²) in [5.74, 6) is 1.01. The van der Waals surface area contributed by atoms with Gasteiger partial charge in [-0.2, -0.15) is 0 Å². The molecule has 1 fully saturated rings. The van der Waals surface area contributed by atoms with Crippen molar-refractivity contribution in [3.8, 4) is 0 Å². The molecule has 0 bridgehead atoms. The minimum absolute atomic E-state index is 0.149. The van der Waals surface area contributed by atoms with Crippen LogP contribution in [0.15, 0.2) is 17.2 Å². The number of rotatable bonds is 3. The van der Waals surface area contributed by atoms with E-state index in [0.717, 1.165) is 19.3 Å². The second-order valence-corrected chi connectivity index (χ2v) is 4.00. The number of hydrogen-bond donors (Lipinski definition) is 3. The van der Waals surface area contributed by atoms with Gasteiger partial charge in [-0.05, 0) is 25.2 Å². The predicted molar refractivity (Wildman–Crippen MR) is 56.7 cm³/mol. The van der Waals surface area contributed by atoms with Crippen molar-refractivity contribution in [1.29, 1.82) is 0 Å². The number of H-pyrrole nitrogens is 1. The lowest BCUT2D eigenvalue weighted by Crippen LogP contribution is -2.19. The third-order valence-corrected chi connectivity index (χ3v) is 2.83. The van der Waals surface area contributed by atoms with Gasteiger partial charge in [-0.1, -0.05) is 0 Å². The summed E-state index contributed by atoms with van der Waals surface area (Å²) in [6, 6.07) is 1.78. The maximum Gasteiger partial charge on any atom is 0.252 e. The normalized spacial score (nSPS) is 25.4. The minimum atomic E-state index is -0.149. The van der Waals surface area contributed by atoms with Gasteiger partial charge in [-0.3, -0.25) is 4.79 Å². The molecule has 0 spiro atoms. The van der Waals surface area contributed by atoms with Gasteiger partial charge in [0.25, 0.3) is 5.56 Å². The first kappa shape index (κ1) is 10.2. The monoisotopic (exact) mass is 209 g/mol. The molecule has 5 heteroatoms. The molecule has 0 saturated heterocycles. The average Bonchev–Trinajstić information content (AvgIpc) is 2.65. The van der Waals surface area contributed by atoms with Crippen molar-refractivity contribution < 1.29 is 5.11 Å². The van der Waals surface area contributed by atoms with Crippen molar-refractivity contribution in [1.82, 2.24) is 9.97 Å². The van der Waals surface area contributed by atoms with Crippen LogP contribution in [0.25, 0.3) is 0 Å². The first-order valence-electron chi connectivity index (χ1n) is 5.20. The average molecular weight is 209 g/mol. The number of aromatic nitrogens is 2. The predicted octanol–water partition coefficient (Wildman–Crippen LogP) is 0.343. The van der Waals surface area contributed by atoms with E-state index in [1.807, 2.05) is 0 Å². The molecule has 0 radical (unpaired) electrons. The molecular weight excluding hydrogens is 194 g/mol. The van der Waals surface area contributed by atoms with E-state index in [0.29, 0.717) is 17.8 Å². The zero-order valence-electron chi connectivity index (χ0n) is 8.44. The third-order valence-electron chi connectivity index (χ3n) is 2.83. The molecule has 2 rings (SSSR count). The number of aliphatic hydroxyl groups excluding tert-OH is 1. The fraction of sp³-hybridized carbons (Fsp3) is 0.600. The SMILES string of the molecule is O=c1cc(NC2CCC(CO)C2)nc[nH]1. The number of hydrogen-bond acceptors (Lipinski definition) is 4. The Labute approximate surface area is 87.6 Å². The van der Waals surface area contributed by atoms with Crippen LogP contribution >= 0.6 is 0 Å². The Morgan fingerprint density at radius 1 is 1.60 bits per heavy atom. The summed E-state index contributed by atoms with van der Waals surface area (Å²) < 4.78 is 0. The van der Waals surface area contributed by atoms with Crippen LogP contribution in [-0.4, -0.2) is 27.7 Å². The van der Waals surface area contributed by atoms with E-state index < -0.39 is 0 Å². The van der Waals surface area contributed by atoms with Crippen LogP contribution in [0.3, 0.4) is 0 Å². The Bertz CT molecular complexity index is 377. The van der Waals surface area contributed by atoms with Crippen LogP contribution in [-0.2, 0) is 0 Å². The fourth-order valence-electron chi connectivity index (χ4n) is 2.03. The number of aliphatic hydroxyl groups is 1. The van der Waals surface area contributed by atoms with Crippen LogP contribution in [0, 0.1) is 5.92 Å². The van der Waals surface area contributed by atoms with Crippen molar-refractivity contribution in [2.45, 2.75) is 25.3 Å². The second kappa shape index (κ2) is 4.44. The Morgan fingerprint density at radius 3 is 3.13 bits per heavy atom. The second-order valence-electron chi connectivity index (χ2n) is 4.00. The van der Waals surface area contributed by atoms with E-state index in [1.54, 1.807) is 0 Å². The van der Waals surface area contributed by atoms with Crippen molar-refractivity contribution in [2.75, 3.05) is 11.9 Å². The molecule has 82 valence electrons. The Morgan fingerprint density at radius 2 is 2.47 bits per heavy atom. The number of nitrogens with zero attached hydrogens (tertiary/aromatic N) is 1. The first-order valence-corrected chi connectivity index (χ1v) is 5.20. The Kier molecular flexibility index (Phi) is 3.01. The Hall–Kier alpha value is -1.36. The molecule has 1 aromatic heterocycles. The summed E-state index contributed by atoms with van der Waals surface area (Å²) in [4.78, 5) is 17.5. The van der Waals surface area contributed by atoms with Crippen LogP contribution in [0.1, 0.15) is 19.3 Å². The molecule has 2 unspecified atom stereocenters. The highest BCUT2D eigenvalue weighted by atomic mass is 16.3. The molecule has 15 heavy (non-hydrogen) atoms. The lowest BCUT2D eigenvalue weighted by Gasteiger charge is -2.12. The minimum Gasteiger partial charge on any atom is -0.396 e. The van der Waals surface area contributed by atoms with Gasteiger partial charge in [-0.25, -0.2) is 4.98 Å². The summed E-state index contributed by atoms with van der Waals surface area (Å²) in [5.41, 5.74) is -0.149. The van der Waals surface area contributed by atoms with Crippen molar-refractivity contribution >= 4 is 5.82 Å². The lowest BCUT2D eigenvalue weighted by molar-refractivity contribution is 0.229. The summed E-state index contributed by atoms with van der Waals surface area (Å²) in [6.45, 7) is 0.251. The standard InChI is InChI=1S/C10H15N3O2/c14-5-7-1-2-8(3-7)13-9-4-10(15)12-6-11-9/h4,6-8,14H,1-3,5H2,(H2,11,12,13,15). The summed E-state index contributed by atoms with van der Waals surface area (Å²) in [6.07, 6.45) is 4.41. The quantitative estimate of drug-likeness (QED) is 0.671. The molecular formula is C10H15N3O2. The van der Waals surface area contributed by atoms with Gasteiger partial charge in [-0.15, -0.1) is 0 Å². The first-order chi connectivity index (χ1) is 7.28. The van der Waals surface area contributed by atoms with Gasteiger partial charge in [0.1, 0.15) is 5.82 Å². The van der Waals surface area contributed by atoms with E-state index in [2.05, 4.69) is 15.3 Å². The summed E-state index contributed by atoms with van der Waals surface area (Å²) >= 11 is 0. The van der Waals surface area contributed by atoms with Gasteiger partial charge in [0.2, 0.25) is 0 Å². The maximum atomic E-state index is 11.0. The summed E-state index contributed by atoms with van der Waals surface area (Å²) in [5, 5.41) is 12.2. The molecule has 1 saturated carbocycles. The Balaban J connectivity index is 1.95. The highest BCUT2D eigenvalue weighted by Gasteiger charge is 2.23. The van der Waals surface area contributed by atoms with Gasteiger partial charge < -0.3 is 15.4 Å². The largest absolute Gasteiger partial charge is 0.396 e. The molecule has 0 aliphatic heterocycles.